The molecule has 2 rings (SSSR count). The molecule has 0 saturated carbocycles. The lowest BCUT2D eigenvalue weighted by Gasteiger charge is -2.30. The van der Waals surface area contributed by atoms with Crippen molar-refractivity contribution in [3.63, 3.8) is 0 Å². The maximum Gasteiger partial charge on any atom is 0.156 e. The van der Waals surface area contributed by atoms with E-state index in [9.17, 15) is 0 Å². The van der Waals surface area contributed by atoms with Crippen molar-refractivity contribution in [3.8, 4) is 6.07 Å². The molecule has 0 N–H and O–H groups in total. The summed E-state index contributed by atoms with van der Waals surface area (Å²) in [6.45, 7) is 7.44. The first-order valence-electron chi connectivity index (χ1n) is 5.99. The lowest BCUT2D eigenvalue weighted by Crippen LogP contribution is -2.41. The summed E-state index contributed by atoms with van der Waals surface area (Å²) in [4.78, 5) is 2.29. The van der Waals surface area contributed by atoms with Gasteiger partial charge in [-0.25, -0.2) is 0 Å². The zero-order valence-electron chi connectivity index (χ0n) is 10.4. The van der Waals surface area contributed by atoms with Gasteiger partial charge >= 0.3 is 0 Å². The summed E-state index contributed by atoms with van der Waals surface area (Å²) in [5.74, 6) is 0. The zero-order valence-corrected chi connectivity index (χ0v) is 10.4. The van der Waals surface area contributed by atoms with Crippen LogP contribution in [0.5, 0.6) is 0 Å². The Morgan fingerprint density at radius 3 is 3.06 bits per heavy atom. The third-order valence-electron chi connectivity index (χ3n) is 3.19. The number of aryl methyl sites for hydroxylation is 2. The number of ether oxygens (including phenoxy) is 1. The van der Waals surface area contributed by atoms with E-state index in [1.165, 1.54) is 16.7 Å². The van der Waals surface area contributed by atoms with Crippen molar-refractivity contribution >= 4 is 0 Å². The Labute approximate surface area is 103 Å². The highest BCUT2D eigenvalue weighted by Crippen LogP contribution is 2.15. The van der Waals surface area contributed by atoms with Crippen LogP contribution in [-0.4, -0.2) is 30.7 Å². The molecule has 1 aliphatic heterocycles. The van der Waals surface area contributed by atoms with Crippen LogP contribution in [0.25, 0.3) is 0 Å². The van der Waals surface area contributed by atoms with E-state index in [2.05, 4.69) is 43.0 Å². The first-order chi connectivity index (χ1) is 8.19. The molecular weight excluding hydrogens is 212 g/mol. The monoisotopic (exact) mass is 230 g/mol. The Morgan fingerprint density at radius 2 is 2.29 bits per heavy atom. The number of benzene rings is 1. The standard InChI is InChI=1S/C14H18N2O/c1-11-3-4-12(2)13(7-11)9-16-5-6-17-14(8-15)10-16/h3-4,7,14H,5-6,9-10H2,1-2H3. The van der Waals surface area contributed by atoms with E-state index in [4.69, 9.17) is 10.00 Å². The lowest BCUT2D eigenvalue weighted by molar-refractivity contribution is -0.00275. The second-order valence-electron chi connectivity index (χ2n) is 4.65. The minimum atomic E-state index is -0.270. The molecule has 1 heterocycles. The maximum atomic E-state index is 8.87. The highest BCUT2D eigenvalue weighted by molar-refractivity contribution is 5.30. The van der Waals surface area contributed by atoms with E-state index in [0.29, 0.717) is 13.2 Å². The number of nitriles is 1. The molecule has 90 valence electrons. The van der Waals surface area contributed by atoms with Gasteiger partial charge in [0.25, 0.3) is 0 Å². The van der Waals surface area contributed by atoms with E-state index in [1.54, 1.807) is 0 Å². The SMILES string of the molecule is Cc1ccc(C)c(CN2CCOC(C#N)C2)c1. The molecule has 0 aromatic heterocycles. The molecule has 0 spiro atoms. The smallest absolute Gasteiger partial charge is 0.156 e. The van der Waals surface area contributed by atoms with Crippen molar-refractivity contribution in [2.24, 2.45) is 0 Å². The molecule has 1 unspecified atom stereocenters. The van der Waals surface area contributed by atoms with Crippen LogP contribution in [0, 0.1) is 25.2 Å². The fourth-order valence-electron chi connectivity index (χ4n) is 2.14. The molecule has 1 fully saturated rings. The molecule has 0 amide bonds. The summed E-state index contributed by atoms with van der Waals surface area (Å²) in [7, 11) is 0. The molecule has 1 saturated heterocycles. The fourth-order valence-corrected chi connectivity index (χ4v) is 2.14. The second kappa shape index (κ2) is 5.31. The van der Waals surface area contributed by atoms with Crippen LogP contribution in [0.1, 0.15) is 16.7 Å². The first kappa shape index (κ1) is 12.1. The summed E-state index contributed by atoms with van der Waals surface area (Å²) >= 11 is 0. The third kappa shape index (κ3) is 3.06. The molecule has 1 atom stereocenters. The second-order valence-corrected chi connectivity index (χ2v) is 4.65. The Kier molecular flexibility index (Phi) is 3.78. The maximum absolute atomic E-state index is 8.87. The average molecular weight is 230 g/mol. The van der Waals surface area contributed by atoms with Gasteiger partial charge < -0.3 is 4.74 Å². The van der Waals surface area contributed by atoms with Gasteiger partial charge in [0, 0.05) is 19.6 Å². The van der Waals surface area contributed by atoms with Crippen molar-refractivity contribution < 1.29 is 4.74 Å². The fraction of sp³-hybridized carbons (Fsp3) is 0.500. The van der Waals surface area contributed by atoms with Crippen LogP contribution < -0.4 is 0 Å². The Bertz CT molecular complexity index is 436. The van der Waals surface area contributed by atoms with Crippen LogP contribution in [0.3, 0.4) is 0 Å². The quantitative estimate of drug-likeness (QED) is 0.780. The van der Waals surface area contributed by atoms with Gasteiger partial charge in [0.2, 0.25) is 0 Å². The largest absolute Gasteiger partial charge is 0.361 e. The molecule has 0 aliphatic carbocycles. The molecule has 17 heavy (non-hydrogen) atoms. The van der Waals surface area contributed by atoms with Crippen LogP contribution in [0.2, 0.25) is 0 Å². The number of rotatable bonds is 2. The van der Waals surface area contributed by atoms with Gasteiger partial charge in [-0.2, -0.15) is 5.26 Å². The average Bonchev–Trinajstić information content (AvgIpc) is 2.34. The zero-order chi connectivity index (χ0) is 12.3. The minimum absolute atomic E-state index is 0.270. The van der Waals surface area contributed by atoms with Crippen LogP contribution in [0.15, 0.2) is 18.2 Å². The molecule has 3 nitrogen and oxygen atoms in total. The number of nitrogens with zero attached hydrogens (tertiary/aromatic N) is 2. The molecular formula is C14H18N2O. The van der Waals surface area contributed by atoms with Gasteiger partial charge in [-0.05, 0) is 25.0 Å². The van der Waals surface area contributed by atoms with Gasteiger partial charge in [0.1, 0.15) is 0 Å². The van der Waals surface area contributed by atoms with Gasteiger partial charge in [0.05, 0.1) is 12.7 Å². The first-order valence-corrected chi connectivity index (χ1v) is 5.99. The third-order valence-corrected chi connectivity index (χ3v) is 3.19. The van der Waals surface area contributed by atoms with Crippen molar-refractivity contribution in [3.05, 3.63) is 34.9 Å². The number of hydrogen-bond donors (Lipinski definition) is 0. The van der Waals surface area contributed by atoms with E-state index in [0.717, 1.165) is 13.1 Å². The van der Waals surface area contributed by atoms with Crippen molar-refractivity contribution in [1.82, 2.24) is 4.90 Å². The van der Waals surface area contributed by atoms with E-state index in [1.807, 2.05) is 0 Å². The highest BCUT2D eigenvalue weighted by atomic mass is 16.5. The summed E-state index contributed by atoms with van der Waals surface area (Å²) in [5, 5.41) is 8.87. The summed E-state index contributed by atoms with van der Waals surface area (Å²) in [6, 6.07) is 8.70. The van der Waals surface area contributed by atoms with E-state index < -0.39 is 0 Å². The van der Waals surface area contributed by atoms with E-state index in [-0.39, 0.29) is 6.10 Å². The number of morpholine rings is 1. The molecule has 1 aliphatic rings. The van der Waals surface area contributed by atoms with Crippen LogP contribution in [0.4, 0.5) is 0 Å². The Balaban J connectivity index is 2.05. The topological polar surface area (TPSA) is 36.3 Å². The van der Waals surface area contributed by atoms with Crippen LogP contribution in [-0.2, 0) is 11.3 Å². The van der Waals surface area contributed by atoms with Crippen molar-refractivity contribution in [2.45, 2.75) is 26.5 Å². The highest BCUT2D eigenvalue weighted by Gasteiger charge is 2.20. The Morgan fingerprint density at radius 1 is 1.47 bits per heavy atom. The van der Waals surface area contributed by atoms with Gasteiger partial charge in [0.15, 0.2) is 6.10 Å². The van der Waals surface area contributed by atoms with Crippen LogP contribution >= 0.6 is 0 Å². The summed E-state index contributed by atoms with van der Waals surface area (Å²) in [6.07, 6.45) is -0.270. The van der Waals surface area contributed by atoms with Crippen molar-refractivity contribution in [2.75, 3.05) is 19.7 Å². The normalized spacial score (nSPS) is 21.1. The van der Waals surface area contributed by atoms with Gasteiger partial charge in [-0.3, -0.25) is 4.90 Å². The minimum Gasteiger partial charge on any atom is -0.361 e. The van der Waals surface area contributed by atoms with Gasteiger partial charge in [-0.1, -0.05) is 23.8 Å². The lowest BCUT2D eigenvalue weighted by atomic mass is 10.0. The number of hydrogen-bond acceptors (Lipinski definition) is 3. The summed E-state index contributed by atoms with van der Waals surface area (Å²) in [5.41, 5.74) is 3.95. The predicted molar refractivity (Wildman–Crippen MR) is 66.5 cm³/mol. The predicted octanol–water partition coefficient (Wildman–Crippen LogP) is 2.03. The molecule has 0 bridgehead atoms. The Hall–Kier alpha value is -1.37. The summed E-state index contributed by atoms with van der Waals surface area (Å²) < 4.78 is 5.35. The van der Waals surface area contributed by atoms with E-state index >= 15 is 0 Å². The molecule has 1 aromatic carbocycles. The van der Waals surface area contributed by atoms with Crippen molar-refractivity contribution in [1.29, 1.82) is 5.26 Å². The van der Waals surface area contributed by atoms with Gasteiger partial charge in [-0.15, -0.1) is 0 Å². The molecule has 3 heteroatoms. The molecule has 1 aromatic rings. The molecule has 0 radical (unpaired) electrons.